The number of anilines is 1. The minimum absolute atomic E-state index is 0.0441. The third kappa shape index (κ3) is 3.65. The molecule has 0 spiro atoms. The molecule has 9 heteroatoms. The number of hydrogen-bond donors (Lipinski definition) is 1. The van der Waals surface area contributed by atoms with Crippen molar-refractivity contribution >= 4 is 38.3 Å². The highest BCUT2D eigenvalue weighted by atomic mass is 32.1. The van der Waals surface area contributed by atoms with Gasteiger partial charge in [-0.3, -0.25) is 14.9 Å². The number of nitro benzene ring substituents is 1. The van der Waals surface area contributed by atoms with Crippen LogP contribution in [-0.2, 0) is 0 Å². The Bertz CT molecular complexity index is 1050. The topological polar surface area (TPSA) is 88.4 Å². The van der Waals surface area contributed by atoms with Crippen LogP contribution in [0.2, 0.25) is 0 Å². The van der Waals surface area contributed by atoms with E-state index in [2.05, 4.69) is 10.3 Å². The van der Waals surface area contributed by atoms with Crippen molar-refractivity contribution < 1.29 is 14.1 Å². The molecule has 1 amide bonds. The van der Waals surface area contributed by atoms with Gasteiger partial charge >= 0.3 is 0 Å². The molecule has 1 aliphatic rings. The van der Waals surface area contributed by atoms with Crippen molar-refractivity contribution in [2.75, 3.05) is 18.4 Å². The lowest BCUT2D eigenvalue weighted by Crippen LogP contribution is -2.42. The second-order valence-corrected chi connectivity index (χ2v) is 7.65. The molecule has 0 radical (unpaired) electrons. The Morgan fingerprint density at radius 1 is 1.25 bits per heavy atom. The van der Waals surface area contributed by atoms with Crippen LogP contribution in [0, 0.1) is 15.9 Å². The zero-order valence-electron chi connectivity index (χ0n) is 14.8. The van der Waals surface area contributed by atoms with Crippen LogP contribution < -0.4 is 5.32 Å². The van der Waals surface area contributed by atoms with Gasteiger partial charge in [0, 0.05) is 31.3 Å². The molecule has 28 heavy (non-hydrogen) atoms. The van der Waals surface area contributed by atoms with Gasteiger partial charge in [-0.15, -0.1) is 0 Å². The van der Waals surface area contributed by atoms with Crippen LogP contribution in [-0.4, -0.2) is 39.8 Å². The molecule has 1 saturated heterocycles. The quantitative estimate of drug-likeness (QED) is 0.527. The molecule has 0 saturated carbocycles. The third-order valence-corrected chi connectivity index (χ3v) is 5.75. The zero-order valence-corrected chi connectivity index (χ0v) is 15.6. The Labute approximate surface area is 164 Å². The maximum absolute atomic E-state index is 13.8. The Morgan fingerprint density at radius 2 is 2.00 bits per heavy atom. The Kier molecular flexibility index (Phi) is 4.91. The standard InChI is InChI=1S/C19H17FN4O3S/c20-15-4-2-1-3-14(15)18(25)23-9-7-12(8-10-23)21-19-22-16-6-5-13(24(26)27)11-17(16)28-19/h1-6,11-12H,7-10H2,(H,21,22). The van der Waals surface area contributed by atoms with Crippen molar-refractivity contribution in [3.8, 4) is 0 Å². The maximum Gasteiger partial charge on any atom is 0.270 e. The number of thiazole rings is 1. The lowest BCUT2D eigenvalue weighted by atomic mass is 10.0. The van der Waals surface area contributed by atoms with E-state index in [0.29, 0.717) is 23.7 Å². The molecule has 0 aliphatic carbocycles. The number of benzene rings is 2. The van der Waals surface area contributed by atoms with Gasteiger partial charge in [0.1, 0.15) is 5.82 Å². The molecule has 4 rings (SSSR count). The van der Waals surface area contributed by atoms with Crippen LogP contribution in [0.5, 0.6) is 0 Å². The maximum atomic E-state index is 13.8. The van der Waals surface area contributed by atoms with E-state index in [1.165, 1.54) is 35.6 Å². The zero-order chi connectivity index (χ0) is 19.7. The highest BCUT2D eigenvalue weighted by molar-refractivity contribution is 7.22. The number of amides is 1. The van der Waals surface area contributed by atoms with Gasteiger partial charge in [-0.2, -0.15) is 0 Å². The monoisotopic (exact) mass is 400 g/mol. The Balaban J connectivity index is 1.39. The predicted molar refractivity (Wildman–Crippen MR) is 105 cm³/mol. The minimum atomic E-state index is -0.503. The van der Waals surface area contributed by atoms with Gasteiger partial charge < -0.3 is 10.2 Å². The van der Waals surface area contributed by atoms with Crippen LogP contribution in [0.3, 0.4) is 0 Å². The van der Waals surface area contributed by atoms with Crippen LogP contribution >= 0.6 is 11.3 Å². The molecule has 1 aliphatic heterocycles. The summed E-state index contributed by atoms with van der Waals surface area (Å²) in [5.74, 6) is -0.792. The van der Waals surface area contributed by atoms with E-state index in [0.717, 1.165) is 17.5 Å². The molecule has 0 atom stereocenters. The number of nitrogens with zero attached hydrogens (tertiary/aromatic N) is 3. The fourth-order valence-electron chi connectivity index (χ4n) is 3.30. The lowest BCUT2D eigenvalue weighted by Gasteiger charge is -2.32. The van der Waals surface area contributed by atoms with E-state index in [9.17, 15) is 19.3 Å². The number of halogens is 1. The van der Waals surface area contributed by atoms with Gasteiger partial charge in [0.25, 0.3) is 11.6 Å². The number of likely N-dealkylation sites (tertiary alicyclic amines) is 1. The average Bonchev–Trinajstić information content (AvgIpc) is 3.09. The van der Waals surface area contributed by atoms with Crippen molar-refractivity contribution in [2.24, 2.45) is 0 Å². The van der Waals surface area contributed by atoms with Gasteiger partial charge in [0.05, 0.1) is 20.7 Å². The molecule has 0 bridgehead atoms. The van der Waals surface area contributed by atoms with E-state index in [4.69, 9.17) is 0 Å². The molecule has 2 aromatic carbocycles. The molecule has 1 N–H and O–H groups in total. The highest BCUT2D eigenvalue weighted by Gasteiger charge is 2.25. The molecule has 144 valence electrons. The predicted octanol–water partition coefficient (Wildman–Crippen LogP) is 4.06. The van der Waals surface area contributed by atoms with Gasteiger partial charge in [-0.05, 0) is 31.0 Å². The summed E-state index contributed by atoms with van der Waals surface area (Å²) in [5, 5.41) is 15.0. The van der Waals surface area contributed by atoms with E-state index < -0.39 is 10.7 Å². The summed E-state index contributed by atoms with van der Waals surface area (Å²) in [7, 11) is 0. The number of aromatic nitrogens is 1. The first-order valence-electron chi connectivity index (χ1n) is 8.86. The van der Waals surface area contributed by atoms with E-state index in [1.54, 1.807) is 23.1 Å². The second-order valence-electron chi connectivity index (χ2n) is 6.62. The molecule has 1 aromatic heterocycles. The van der Waals surface area contributed by atoms with Crippen LogP contribution in [0.15, 0.2) is 42.5 Å². The van der Waals surface area contributed by atoms with Crippen molar-refractivity contribution in [1.82, 2.24) is 9.88 Å². The largest absolute Gasteiger partial charge is 0.359 e. The molecule has 1 fully saturated rings. The van der Waals surface area contributed by atoms with Gasteiger partial charge in [0.2, 0.25) is 0 Å². The van der Waals surface area contributed by atoms with E-state index >= 15 is 0 Å². The number of carbonyl (C=O) groups excluding carboxylic acids is 1. The second kappa shape index (κ2) is 7.51. The average molecular weight is 400 g/mol. The molecule has 0 unspecified atom stereocenters. The van der Waals surface area contributed by atoms with Crippen LogP contribution in [0.1, 0.15) is 23.2 Å². The summed E-state index contributed by atoms with van der Waals surface area (Å²) in [6.07, 6.45) is 1.44. The molecule has 7 nitrogen and oxygen atoms in total. The first kappa shape index (κ1) is 18.3. The summed E-state index contributed by atoms with van der Waals surface area (Å²) in [6.45, 7) is 1.06. The van der Waals surface area contributed by atoms with Gasteiger partial charge in [-0.25, -0.2) is 9.37 Å². The van der Waals surface area contributed by atoms with E-state index in [-0.39, 0.29) is 23.2 Å². The minimum Gasteiger partial charge on any atom is -0.359 e. The Morgan fingerprint density at radius 3 is 2.71 bits per heavy atom. The SMILES string of the molecule is O=C(c1ccccc1F)N1CCC(Nc2nc3ccc([N+](=O)[O-])cc3s2)CC1. The smallest absolute Gasteiger partial charge is 0.270 e. The van der Waals surface area contributed by atoms with Gasteiger partial charge in [0.15, 0.2) is 5.13 Å². The number of nitro groups is 1. The molecular weight excluding hydrogens is 383 g/mol. The van der Waals surface area contributed by atoms with Crippen LogP contribution in [0.25, 0.3) is 10.2 Å². The molecule has 2 heterocycles. The third-order valence-electron chi connectivity index (χ3n) is 4.80. The summed E-state index contributed by atoms with van der Waals surface area (Å²) in [4.78, 5) is 29.1. The number of fused-ring (bicyclic) bond motifs is 1. The summed E-state index contributed by atoms with van der Waals surface area (Å²) < 4.78 is 14.6. The summed E-state index contributed by atoms with van der Waals surface area (Å²) in [6, 6.07) is 10.8. The van der Waals surface area contributed by atoms with Gasteiger partial charge in [-0.1, -0.05) is 23.5 Å². The van der Waals surface area contributed by atoms with Crippen LogP contribution in [0.4, 0.5) is 15.2 Å². The van der Waals surface area contributed by atoms with Crippen molar-refractivity contribution in [3.05, 3.63) is 64.0 Å². The molecular formula is C19H17FN4O3S. The molecule has 3 aromatic rings. The first-order valence-corrected chi connectivity index (χ1v) is 9.68. The van der Waals surface area contributed by atoms with Crippen molar-refractivity contribution in [1.29, 1.82) is 0 Å². The normalized spacial score (nSPS) is 15.0. The number of carbonyl (C=O) groups is 1. The fraction of sp³-hybridized carbons (Fsp3) is 0.263. The fourth-order valence-corrected chi connectivity index (χ4v) is 4.27. The highest BCUT2D eigenvalue weighted by Crippen LogP contribution is 2.30. The summed E-state index contributed by atoms with van der Waals surface area (Å²) >= 11 is 1.37. The number of non-ortho nitro benzene ring substituents is 1. The number of rotatable bonds is 4. The lowest BCUT2D eigenvalue weighted by molar-refractivity contribution is -0.384. The number of nitrogens with one attached hydrogen (secondary N) is 1. The summed E-state index contributed by atoms with van der Waals surface area (Å²) in [5.41, 5.74) is 0.856. The van der Waals surface area contributed by atoms with E-state index in [1.807, 2.05) is 0 Å². The first-order chi connectivity index (χ1) is 13.5. The number of hydrogen-bond acceptors (Lipinski definition) is 6. The van der Waals surface area contributed by atoms with Crippen molar-refractivity contribution in [2.45, 2.75) is 18.9 Å². The Hall–Kier alpha value is -3.07. The van der Waals surface area contributed by atoms with Crippen molar-refractivity contribution in [3.63, 3.8) is 0 Å². The number of piperidine rings is 1.